The Hall–Kier alpha value is -2.01. The summed E-state index contributed by atoms with van der Waals surface area (Å²) in [6.07, 6.45) is 20.6. The van der Waals surface area contributed by atoms with E-state index < -0.39 is 9.84 Å². The molecular formula is C30H46N2O2S. The van der Waals surface area contributed by atoms with Crippen molar-refractivity contribution < 1.29 is 8.42 Å². The lowest BCUT2D eigenvalue weighted by molar-refractivity contribution is 0.531. The minimum atomic E-state index is -3.24. The zero-order chi connectivity index (χ0) is 25.0. The molecule has 5 heteroatoms. The number of sulfone groups is 1. The summed E-state index contributed by atoms with van der Waals surface area (Å²) in [4.78, 5) is 0.372. The second-order valence-corrected chi connectivity index (χ2v) is 11.8. The molecule has 0 aromatic heterocycles. The molecule has 4 nitrogen and oxygen atoms in total. The molecule has 0 aliphatic carbocycles. The molecule has 0 heterocycles. The van der Waals surface area contributed by atoms with Crippen LogP contribution in [-0.4, -0.2) is 14.2 Å². The van der Waals surface area contributed by atoms with Gasteiger partial charge in [-0.25, -0.2) is 8.42 Å². The van der Waals surface area contributed by atoms with Crippen LogP contribution in [0.25, 0.3) is 0 Å². The maximum absolute atomic E-state index is 12.6. The van der Waals surface area contributed by atoms with E-state index in [-0.39, 0.29) is 5.75 Å². The van der Waals surface area contributed by atoms with E-state index in [1.54, 1.807) is 24.3 Å². The van der Waals surface area contributed by atoms with Crippen LogP contribution in [0.5, 0.6) is 0 Å². The van der Waals surface area contributed by atoms with Crippen molar-refractivity contribution in [2.45, 2.75) is 115 Å². The van der Waals surface area contributed by atoms with Crippen molar-refractivity contribution in [3.63, 3.8) is 0 Å². The number of nitrogens with zero attached hydrogens (tertiary/aromatic N) is 2. The highest BCUT2D eigenvalue weighted by Gasteiger charge is 2.13. The molecule has 0 saturated carbocycles. The normalized spacial score (nSPS) is 11.9. The summed E-state index contributed by atoms with van der Waals surface area (Å²) in [6, 6.07) is 16.2. The van der Waals surface area contributed by atoms with Gasteiger partial charge in [0.15, 0.2) is 9.84 Å². The monoisotopic (exact) mass is 498 g/mol. The van der Waals surface area contributed by atoms with E-state index in [2.05, 4.69) is 17.2 Å². The van der Waals surface area contributed by atoms with E-state index in [1.807, 2.05) is 30.3 Å². The van der Waals surface area contributed by atoms with Crippen LogP contribution in [0.2, 0.25) is 0 Å². The van der Waals surface area contributed by atoms with Gasteiger partial charge in [0.2, 0.25) is 0 Å². The summed E-state index contributed by atoms with van der Waals surface area (Å²) < 4.78 is 25.2. The van der Waals surface area contributed by atoms with Crippen LogP contribution in [0.1, 0.15) is 110 Å². The highest BCUT2D eigenvalue weighted by atomic mass is 32.2. The van der Waals surface area contributed by atoms with Gasteiger partial charge in [-0.1, -0.05) is 121 Å². The van der Waals surface area contributed by atoms with Gasteiger partial charge in [0.05, 0.1) is 22.0 Å². The first-order valence-electron chi connectivity index (χ1n) is 13.9. The van der Waals surface area contributed by atoms with Crippen molar-refractivity contribution >= 4 is 21.2 Å². The maximum atomic E-state index is 12.6. The van der Waals surface area contributed by atoms with E-state index in [0.29, 0.717) is 10.6 Å². The Balaban J connectivity index is 1.49. The van der Waals surface area contributed by atoms with Crippen molar-refractivity contribution in [1.29, 1.82) is 0 Å². The smallest absolute Gasteiger partial charge is 0.178 e. The lowest BCUT2D eigenvalue weighted by Gasteiger charge is -2.05. The van der Waals surface area contributed by atoms with Gasteiger partial charge in [-0.3, -0.25) is 0 Å². The molecule has 0 aliphatic rings. The second kappa shape index (κ2) is 18.3. The average Bonchev–Trinajstić information content (AvgIpc) is 2.88. The zero-order valence-corrected chi connectivity index (χ0v) is 22.7. The summed E-state index contributed by atoms with van der Waals surface area (Å²) in [5.41, 5.74) is 1.42. The molecule has 0 fully saturated rings. The van der Waals surface area contributed by atoms with Gasteiger partial charge in [-0.15, -0.1) is 0 Å². The van der Waals surface area contributed by atoms with E-state index in [1.165, 1.54) is 83.5 Å². The van der Waals surface area contributed by atoms with Crippen LogP contribution in [0.3, 0.4) is 0 Å². The first-order chi connectivity index (χ1) is 17.1. The van der Waals surface area contributed by atoms with Crippen molar-refractivity contribution in [3.8, 4) is 0 Å². The summed E-state index contributed by atoms with van der Waals surface area (Å²) in [7, 11) is -3.24. The predicted octanol–water partition coefficient (Wildman–Crippen LogP) is 10.1. The van der Waals surface area contributed by atoms with Crippen LogP contribution in [0.4, 0.5) is 11.4 Å². The van der Waals surface area contributed by atoms with E-state index in [9.17, 15) is 8.42 Å². The number of azo groups is 1. The third-order valence-corrected chi connectivity index (χ3v) is 8.32. The molecule has 194 valence electrons. The average molecular weight is 499 g/mol. The molecule has 0 radical (unpaired) electrons. The molecule has 0 saturated heterocycles. The summed E-state index contributed by atoms with van der Waals surface area (Å²) in [6.45, 7) is 2.27. The Morgan fingerprint density at radius 2 is 0.914 bits per heavy atom. The van der Waals surface area contributed by atoms with Crippen molar-refractivity contribution in [3.05, 3.63) is 54.6 Å². The van der Waals surface area contributed by atoms with Crippen LogP contribution in [-0.2, 0) is 9.84 Å². The lowest BCUT2D eigenvalue weighted by atomic mass is 10.0. The molecule has 0 aliphatic heterocycles. The highest BCUT2D eigenvalue weighted by Crippen LogP contribution is 2.21. The molecule has 35 heavy (non-hydrogen) atoms. The van der Waals surface area contributed by atoms with Crippen LogP contribution in [0.15, 0.2) is 69.7 Å². The standard InChI is InChI=1S/C30H46N2O2S/c1-2-3-4-5-6-7-8-9-10-11-12-13-14-15-16-20-27-35(33,34)30-25-23-29(24-26-30)32-31-28-21-18-17-19-22-28/h17-19,21-26H,2-16,20,27H2,1H3. The number of hydrogen-bond donors (Lipinski definition) is 0. The minimum Gasteiger partial charge on any atom is -0.224 e. The molecule has 0 unspecified atom stereocenters. The van der Waals surface area contributed by atoms with Gasteiger partial charge >= 0.3 is 0 Å². The van der Waals surface area contributed by atoms with Gasteiger partial charge in [0.1, 0.15) is 0 Å². The van der Waals surface area contributed by atoms with Crippen molar-refractivity contribution in [2.75, 3.05) is 5.75 Å². The quantitative estimate of drug-likeness (QED) is 0.135. The molecule has 0 bridgehead atoms. The Labute approximate surface area is 214 Å². The molecule has 0 amide bonds. The van der Waals surface area contributed by atoms with Gasteiger partial charge in [-0.2, -0.15) is 10.2 Å². The fourth-order valence-electron chi connectivity index (χ4n) is 4.29. The van der Waals surface area contributed by atoms with Crippen LogP contribution in [0, 0.1) is 0 Å². The number of unbranched alkanes of at least 4 members (excludes halogenated alkanes) is 15. The number of benzene rings is 2. The SMILES string of the molecule is CCCCCCCCCCCCCCCCCCS(=O)(=O)c1ccc(N=Nc2ccccc2)cc1. The fourth-order valence-corrected chi connectivity index (χ4v) is 5.66. The van der Waals surface area contributed by atoms with Crippen molar-refractivity contribution in [1.82, 2.24) is 0 Å². The van der Waals surface area contributed by atoms with E-state index >= 15 is 0 Å². The molecule has 2 rings (SSSR count). The van der Waals surface area contributed by atoms with Crippen LogP contribution < -0.4 is 0 Å². The number of hydrogen-bond acceptors (Lipinski definition) is 4. The Morgan fingerprint density at radius 3 is 1.37 bits per heavy atom. The third kappa shape index (κ3) is 13.6. The Kier molecular flexibility index (Phi) is 15.3. The molecule has 0 atom stereocenters. The highest BCUT2D eigenvalue weighted by molar-refractivity contribution is 7.91. The fraction of sp³-hybridized carbons (Fsp3) is 0.600. The predicted molar refractivity (Wildman–Crippen MR) is 149 cm³/mol. The van der Waals surface area contributed by atoms with Gasteiger partial charge in [0, 0.05) is 0 Å². The minimum absolute atomic E-state index is 0.219. The van der Waals surface area contributed by atoms with Gasteiger partial charge < -0.3 is 0 Å². The largest absolute Gasteiger partial charge is 0.224 e. The topological polar surface area (TPSA) is 58.9 Å². The summed E-state index contributed by atoms with van der Waals surface area (Å²) in [5, 5.41) is 8.35. The van der Waals surface area contributed by atoms with Gasteiger partial charge in [-0.05, 0) is 42.8 Å². The Bertz CT molecular complexity index is 909. The molecule has 2 aromatic rings. The second-order valence-electron chi connectivity index (χ2n) is 9.65. The number of rotatable bonds is 20. The molecule has 0 N–H and O–H groups in total. The molecular weight excluding hydrogens is 452 g/mol. The Morgan fingerprint density at radius 1 is 0.514 bits per heavy atom. The first kappa shape index (κ1) is 29.2. The molecule has 2 aromatic carbocycles. The first-order valence-corrected chi connectivity index (χ1v) is 15.6. The lowest BCUT2D eigenvalue weighted by Crippen LogP contribution is -2.06. The molecule has 0 spiro atoms. The zero-order valence-electron chi connectivity index (χ0n) is 21.8. The third-order valence-electron chi connectivity index (χ3n) is 6.50. The van der Waals surface area contributed by atoms with Crippen LogP contribution >= 0.6 is 0 Å². The summed E-state index contributed by atoms with van der Waals surface area (Å²) in [5.74, 6) is 0.219. The van der Waals surface area contributed by atoms with E-state index in [4.69, 9.17) is 0 Å². The van der Waals surface area contributed by atoms with E-state index in [0.717, 1.165) is 24.9 Å². The summed E-state index contributed by atoms with van der Waals surface area (Å²) >= 11 is 0. The maximum Gasteiger partial charge on any atom is 0.178 e. The van der Waals surface area contributed by atoms with Gasteiger partial charge in [0.25, 0.3) is 0 Å². The van der Waals surface area contributed by atoms with Crippen molar-refractivity contribution in [2.24, 2.45) is 10.2 Å².